The summed E-state index contributed by atoms with van der Waals surface area (Å²) in [6.07, 6.45) is 0. The highest BCUT2D eigenvalue weighted by molar-refractivity contribution is 6.03. The van der Waals surface area contributed by atoms with Crippen LogP contribution in [0.3, 0.4) is 0 Å². The van der Waals surface area contributed by atoms with Gasteiger partial charge >= 0.3 is 11.9 Å². The maximum atomic E-state index is 11.8. The summed E-state index contributed by atoms with van der Waals surface area (Å²) >= 11 is 0. The molecule has 5 heteroatoms. The largest absolute Gasteiger partial charge is 0.478 e. The number of esters is 1. The highest BCUT2D eigenvalue weighted by Gasteiger charge is 2.22. The Bertz CT molecular complexity index is 460. The van der Waals surface area contributed by atoms with Crippen LogP contribution < -0.4 is 5.73 Å². The first kappa shape index (κ1) is 13.0. The van der Waals surface area contributed by atoms with Crippen LogP contribution in [0.5, 0.6) is 0 Å². The summed E-state index contributed by atoms with van der Waals surface area (Å²) in [5.74, 6) is -1.88. The average Bonchev–Trinajstić information content (AvgIpc) is 2.14. The van der Waals surface area contributed by atoms with E-state index in [1.54, 1.807) is 20.8 Å². The zero-order chi connectivity index (χ0) is 13.2. The second-order valence-corrected chi connectivity index (χ2v) is 4.61. The van der Waals surface area contributed by atoms with Crippen molar-refractivity contribution in [3.8, 4) is 0 Å². The van der Waals surface area contributed by atoms with Gasteiger partial charge in [-0.05, 0) is 39.0 Å². The van der Waals surface area contributed by atoms with Gasteiger partial charge in [-0.25, -0.2) is 9.59 Å². The van der Waals surface area contributed by atoms with Crippen LogP contribution in [0.15, 0.2) is 18.2 Å². The number of nitrogen functional groups attached to an aromatic ring is 1. The molecule has 0 aromatic heterocycles. The normalized spacial score (nSPS) is 11.0. The second-order valence-electron chi connectivity index (χ2n) is 4.61. The molecule has 17 heavy (non-hydrogen) atoms. The molecule has 0 fully saturated rings. The van der Waals surface area contributed by atoms with E-state index in [-0.39, 0.29) is 11.1 Å². The van der Waals surface area contributed by atoms with E-state index < -0.39 is 17.5 Å². The third kappa shape index (κ3) is 3.48. The lowest BCUT2D eigenvalue weighted by Gasteiger charge is -2.20. The molecular weight excluding hydrogens is 222 g/mol. The predicted molar refractivity (Wildman–Crippen MR) is 63.0 cm³/mol. The number of carbonyl (C=O) groups is 2. The molecule has 0 heterocycles. The van der Waals surface area contributed by atoms with Crippen LogP contribution in [0.4, 0.5) is 5.69 Å². The Labute approximate surface area is 99.2 Å². The number of carboxylic acid groups (broad SMARTS) is 1. The van der Waals surface area contributed by atoms with Crippen LogP contribution >= 0.6 is 0 Å². The lowest BCUT2D eigenvalue weighted by molar-refractivity contribution is 0.00659. The van der Waals surface area contributed by atoms with E-state index in [1.165, 1.54) is 18.2 Å². The summed E-state index contributed by atoms with van der Waals surface area (Å²) in [6.45, 7) is 5.12. The summed E-state index contributed by atoms with van der Waals surface area (Å²) in [5, 5.41) is 8.96. The molecule has 0 unspecified atom stereocenters. The summed E-state index contributed by atoms with van der Waals surface area (Å²) in [7, 11) is 0. The fraction of sp³-hybridized carbons (Fsp3) is 0.333. The molecule has 0 saturated carbocycles. The minimum atomic E-state index is -1.19. The average molecular weight is 237 g/mol. The van der Waals surface area contributed by atoms with Gasteiger partial charge < -0.3 is 15.6 Å². The van der Waals surface area contributed by atoms with Crippen molar-refractivity contribution < 1.29 is 19.4 Å². The van der Waals surface area contributed by atoms with Crippen molar-refractivity contribution in [1.82, 2.24) is 0 Å². The van der Waals surface area contributed by atoms with Gasteiger partial charge in [0.25, 0.3) is 0 Å². The number of ether oxygens (including phenoxy) is 1. The van der Waals surface area contributed by atoms with Crippen LogP contribution in [0, 0.1) is 0 Å². The maximum Gasteiger partial charge on any atom is 0.339 e. The first-order valence-corrected chi connectivity index (χ1v) is 5.07. The van der Waals surface area contributed by atoms with Crippen molar-refractivity contribution in [1.29, 1.82) is 0 Å². The zero-order valence-corrected chi connectivity index (χ0v) is 9.98. The molecule has 0 aliphatic carbocycles. The monoisotopic (exact) mass is 237 g/mol. The Morgan fingerprint density at radius 3 is 2.29 bits per heavy atom. The van der Waals surface area contributed by atoms with Gasteiger partial charge in [0.2, 0.25) is 0 Å². The minimum absolute atomic E-state index is 0.0348. The van der Waals surface area contributed by atoms with E-state index >= 15 is 0 Å². The van der Waals surface area contributed by atoms with Gasteiger partial charge in [0.05, 0.1) is 11.1 Å². The SMILES string of the molecule is CC(C)(C)OC(=O)c1cc(N)ccc1C(=O)O. The first-order valence-electron chi connectivity index (χ1n) is 5.07. The fourth-order valence-electron chi connectivity index (χ4n) is 1.25. The third-order valence-corrected chi connectivity index (χ3v) is 1.89. The van der Waals surface area contributed by atoms with Gasteiger partial charge in [-0.2, -0.15) is 0 Å². The van der Waals surface area contributed by atoms with Crippen molar-refractivity contribution in [2.75, 3.05) is 5.73 Å². The maximum absolute atomic E-state index is 11.8. The highest BCUT2D eigenvalue weighted by atomic mass is 16.6. The van der Waals surface area contributed by atoms with Gasteiger partial charge in [0, 0.05) is 5.69 Å². The smallest absolute Gasteiger partial charge is 0.339 e. The number of nitrogens with two attached hydrogens (primary N) is 1. The van der Waals surface area contributed by atoms with Gasteiger partial charge in [-0.1, -0.05) is 0 Å². The Morgan fingerprint density at radius 1 is 1.24 bits per heavy atom. The van der Waals surface area contributed by atoms with Crippen LogP contribution in [-0.2, 0) is 4.74 Å². The van der Waals surface area contributed by atoms with E-state index in [0.717, 1.165) is 0 Å². The first-order chi connectivity index (χ1) is 7.70. The number of anilines is 1. The van der Waals surface area contributed by atoms with Gasteiger partial charge in [-0.3, -0.25) is 0 Å². The molecule has 0 aliphatic heterocycles. The van der Waals surface area contributed by atoms with E-state index in [9.17, 15) is 9.59 Å². The number of carbonyl (C=O) groups excluding carboxylic acids is 1. The molecule has 0 spiro atoms. The van der Waals surface area contributed by atoms with E-state index in [2.05, 4.69) is 0 Å². The van der Waals surface area contributed by atoms with Crippen LogP contribution in [0.2, 0.25) is 0 Å². The molecule has 92 valence electrons. The van der Waals surface area contributed by atoms with E-state index in [1.807, 2.05) is 0 Å². The summed E-state index contributed by atoms with van der Waals surface area (Å²) < 4.78 is 5.11. The Balaban J connectivity index is 3.16. The van der Waals surface area contributed by atoms with Crippen molar-refractivity contribution in [2.24, 2.45) is 0 Å². The summed E-state index contributed by atoms with van der Waals surface area (Å²) in [6, 6.07) is 4.02. The highest BCUT2D eigenvalue weighted by Crippen LogP contribution is 2.18. The number of aromatic carboxylic acids is 1. The molecule has 0 atom stereocenters. The number of hydrogen-bond acceptors (Lipinski definition) is 4. The molecule has 0 amide bonds. The molecule has 0 bridgehead atoms. The topological polar surface area (TPSA) is 89.6 Å². The van der Waals surface area contributed by atoms with Crippen molar-refractivity contribution in [3.05, 3.63) is 29.3 Å². The van der Waals surface area contributed by atoms with Crippen LogP contribution in [-0.4, -0.2) is 22.6 Å². The predicted octanol–water partition coefficient (Wildman–Crippen LogP) is 1.92. The number of hydrogen-bond donors (Lipinski definition) is 2. The van der Waals surface area contributed by atoms with E-state index in [0.29, 0.717) is 5.69 Å². The number of carboxylic acids is 1. The molecule has 3 N–H and O–H groups in total. The zero-order valence-electron chi connectivity index (χ0n) is 9.98. The minimum Gasteiger partial charge on any atom is -0.478 e. The molecule has 5 nitrogen and oxygen atoms in total. The van der Waals surface area contributed by atoms with Crippen LogP contribution in [0.1, 0.15) is 41.5 Å². The standard InChI is InChI=1S/C12H15NO4/c1-12(2,3)17-11(16)9-6-7(13)4-5-8(9)10(14)15/h4-6H,13H2,1-3H3,(H,14,15). The Hall–Kier alpha value is -2.04. The van der Waals surface area contributed by atoms with Crippen molar-refractivity contribution >= 4 is 17.6 Å². The van der Waals surface area contributed by atoms with Crippen LogP contribution in [0.25, 0.3) is 0 Å². The van der Waals surface area contributed by atoms with Gasteiger partial charge in [-0.15, -0.1) is 0 Å². The molecule has 1 aromatic carbocycles. The van der Waals surface area contributed by atoms with Gasteiger partial charge in [0.15, 0.2) is 0 Å². The molecule has 0 saturated heterocycles. The Morgan fingerprint density at radius 2 is 1.82 bits per heavy atom. The molecule has 0 radical (unpaired) electrons. The van der Waals surface area contributed by atoms with Crippen molar-refractivity contribution in [2.45, 2.75) is 26.4 Å². The lowest BCUT2D eigenvalue weighted by Crippen LogP contribution is -2.25. The fourth-order valence-corrected chi connectivity index (χ4v) is 1.25. The molecule has 1 rings (SSSR count). The third-order valence-electron chi connectivity index (χ3n) is 1.89. The van der Waals surface area contributed by atoms with E-state index in [4.69, 9.17) is 15.6 Å². The van der Waals surface area contributed by atoms with Gasteiger partial charge in [0.1, 0.15) is 5.60 Å². The summed E-state index contributed by atoms with van der Waals surface area (Å²) in [4.78, 5) is 22.8. The second kappa shape index (κ2) is 4.45. The molecule has 1 aromatic rings. The molecular formula is C12H15NO4. The number of benzene rings is 1. The quantitative estimate of drug-likeness (QED) is 0.605. The number of rotatable bonds is 2. The Kier molecular flexibility index (Phi) is 3.41. The molecule has 0 aliphatic rings. The van der Waals surface area contributed by atoms with Crippen molar-refractivity contribution in [3.63, 3.8) is 0 Å². The lowest BCUT2D eigenvalue weighted by atomic mass is 10.1. The summed E-state index contributed by atoms with van der Waals surface area (Å²) in [5.41, 5.74) is 5.01.